The van der Waals surface area contributed by atoms with Gasteiger partial charge in [-0.2, -0.15) is 0 Å². The van der Waals surface area contributed by atoms with E-state index in [0.29, 0.717) is 17.4 Å². The Morgan fingerprint density at radius 2 is 2.11 bits per heavy atom. The number of nitrogens with zero attached hydrogens (tertiary/aromatic N) is 2. The Hall–Kier alpha value is -3.07. The predicted octanol–water partition coefficient (Wildman–Crippen LogP) is 1.18. The van der Waals surface area contributed by atoms with E-state index in [1.54, 1.807) is 19.2 Å². The highest BCUT2D eigenvalue weighted by Crippen LogP contribution is 2.23. The number of carbonyl (C=O) groups excluding carboxylic acids is 1. The van der Waals surface area contributed by atoms with E-state index in [9.17, 15) is 23.5 Å². The van der Waals surface area contributed by atoms with E-state index in [4.69, 9.17) is 0 Å². The van der Waals surface area contributed by atoms with Crippen molar-refractivity contribution in [3.63, 3.8) is 0 Å². The molecule has 0 fully saturated rings. The quantitative estimate of drug-likeness (QED) is 0.623. The van der Waals surface area contributed by atoms with Gasteiger partial charge in [-0.15, -0.1) is 0 Å². The molecule has 0 spiro atoms. The lowest BCUT2D eigenvalue weighted by Crippen LogP contribution is -2.40. The molecule has 3 rings (SSSR count). The number of aryl methyl sites for hydroxylation is 1. The third-order valence-electron chi connectivity index (χ3n) is 4.32. The van der Waals surface area contributed by atoms with Crippen LogP contribution in [0.15, 0.2) is 35.3 Å². The van der Waals surface area contributed by atoms with E-state index in [0.717, 1.165) is 12.1 Å². The summed E-state index contributed by atoms with van der Waals surface area (Å²) in [6, 6.07) is 4.44. The molecule has 0 saturated carbocycles. The molecule has 2 heterocycles. The third kappa shape index (κ3) is 3.72. The Morgan fingerprint density at radius 1 is 1.37 bits per heavy atom. The SMILES string of the molecule is Cc1nc2cc[nH]n2c(=O)c1CC(=O)NC[C@](C)(O)c1ccc(F)cc1F. The number of fused-ring (bicyclic) bond motifs is 1. The summed E-state index contributed by atoms with van der Waals surface area (Å²) in [5.74, 6) is -2.21. The number of benzene rings is 1. The Morgan fingerprint density at radius 3 is 2.81 bits per heavy atom. The fourth-order valence-electron chi connectivity index (χ4n) is 2.82. The van der Waals surface area contributed by atoms with Crippen LogP contribution in [0, 0.1) is 18.6 Å². The molecule has 0 aliphatic rings. The number of nitrogens with one attached hydrogen (secondary N) is 2. The topological polar surface area (TPSA) is 99.5 Å². The number of halogens is 2. The number of amides is 1. The first-order valence-electron chi connectivity index (χ1n) is 8.19. The predicted molar refractivity (Wildman–Crippen MR) is 93.2 cm³/mol. The fraction of sp³-hybridized carbons (Fsp3) is 0.278. The number of aromatic amines is 1. The molecule has 2 aromatic heterocycles. The van der Waals surface area contributed by atoms with Gasteiger partial charge in [-0.1, -0.05) is 6.07 Å². The summed E-state index contributed by atoms with van der Waals surface area (Å²) in [7, 11) is 0. The number of H-pyrrole nitrogens is 1. The lowest BCUT2D eigenvalue weighted by atomic mass is 9.95. The van der Waals surface area contributed by atoms with Crippen molar-refractivity contribution in [1.82, 2.24) is 19.9 Å². The van der Waals surface area contributed by atoms with E-state index in [2.05, 4.69) is 15.4 Å². The zero-order chi connectivity index (χ0) is 19.8. The minimum absolute atomic E-state index is 0.144. The van der Waals surface area contributed by atoms with Crippen LogP contribution >= 0.6 is 0 Å². The average Bonchev–Trinajstić information content (AvgIpc) is 3.05. The van der Waals surface area contributed by atoms with Crippen LogP contribution in [0.5, 0.6) is 0 Å². The van der Waals surface area contributed by atoms with E-state index in [1.807, 2.05) is 0 Å². The fourth-order valence-corrected chi connectivity index (χ4v) is 2.82. The highest BCUT2D eigenvalue weighted by Gasteiger charge is 2.27. The van der Waals surface area contributed by atoms with Crippen molar-refractivity contribution in [3.05, 3.63) is 69.3 Å². The molecule has 7 nitrogen and oxygen atoms in total. The lowest BCUT2D eigenvalue weighted by Gasteiger charge is -2.24. The largest absolute Gasteiger partial charge is 0.383 e. The second-order valence-corrected chi connectivity index (χ2v) is 6.49. The summed E-state index contributed by atoms with van der Waals surface area (Å²) in [5.41, 5.74) is -1.22. The average molecular weight is 376 g/mol. The summed E-state index contributed by atoms with van der Waals surface area (Å²) < 4.78 is 28.1. The minimum atomic E-state index is -1.75. The second kappa shape index (κ2) is 6.92. The molecule has 0 radical (unpaired) electrons. The van der Waals surface area contributed by atoms with Gasteiger partial charge >= 0.3 is 0 Å². The summed E-state index contributed by atoms with van der Waals surface area (Å²) in [6.45, 7) is 2.62. The van der Waals surface area contributed by atoms with Gasteiger partial charge in [-0.25, -0.2) is 18.3 Å². The van der Waals surface area contributed by atoms with E-state index >= 15 is 0 Å². The van der Waals surface area contributed by atoms with Crippen molar-refractivity contribution in [2.45, 2.75) is 25.9 Å². The molecular formula is C18H18F2N4O3. The molecule has 1 amide bonds. The molecule has 0 bridgehead atoms. The van der Waals surface area contributed by atoms with Crippen LogP contribution in [0.4, 0.5) is 8.78 Å². The highest BCUT2D eigenvalue weighted by atomic mass is 19.1. The summed E-state index contributed by atoms with van der Waals surface area (Å²) in [6.07, 6.45) is 1.31. The van der Waals surface area contributed by atoms with Crippen molar-refractivity contribution < 1.29 is 18.7 Å². The summed E-state index contributed by atoms with van der Waals surface area (Å²) >= 11 is 0. The Kier molecular flexibility index (Phi) is 4.79. The zero-order valence-electron chi connectivity index (χ0n) is 14.7. The lowest BCUT2D eigenvalue weighted by molar-refractivity contribution is -0.121. The van der Waals surface area contributed by atoms with Crippen molar-refractivity contribution in [3.8, 4) is 0 Å². The standard InChI is InChI=1S/C18H18F2N4O3/c1-10-12(17(26)24-15(23-10)5-6-22-24)8-16(25)21-9-18(2,27)13-4-3-11(19)7-14(13)20/h3-7,22,27H,8-9H2,1-2H3,(H,21,25)/t18-/m0/s1. The Balaban J connectivity index is 1.74. The number of hydrogen-bond donors (Lipinski definition) is 3. The van der Waals surface area contributed by atoms with E-state index in [1.165, 1.54) is 11.4 Å². The van der Waals surface area contributed by atoms with E-state index in [-0.39, 0.29) is 24.1 Å². The smallest absolute Gasteiger partial charge is 0.276 e. The normalized spacial score (nSPS) is 13.5. The zero-order valence-corrected chi connectivity index (χ0v) is 14.7. The van der Waals surface area contributed by atoms with Crippen molar-refractivity contribution in [1.29, 1.82) is 0 Å². The molecule has 142 valence electrons. The maximum Gasteiger partial charge on any atom is 0.276 e. The number of aromatic nitrogens is 3. The van der Waals surface area contributed by atoms with Crippen LogP contribution in [0.2, 0.25) is 0 Å². The minimum Gasteiger partial charge on any atom is -0.383 e. The van der Waals surface area contributed by atoms with Crippen LogP contribution < -0.4 is 10.9 Å². The van der Waals surface area contributed by atoms with Gasteiger partial charge in [-0.05, 0) is 19.9 Å². The van der Waals surface area contributed by atoms with Crippen molar-refractivity contribution in [2.75, 3.05) is 6.54 Å². The Labute approximate surface area is 152 Å². The third-order valence-corrected chi connectivity index (χ3v) is 4.32. The molecule has 27 heavy (non-hydrogen) atoms. The van der Waals surface area contributed by atoms with Gasteiger partial charge in [0.05, 0.1) is 13.0 Å². The first-order valence-corrected chi connectivity index (χ1v) is 8.19. The van der Waals surface area contributed by atoms with Crippen LogP contribution in [-0.2, 0) is 16.8 Å². The van der Waals surface area contributed by atoms with Gasteiger partial charge in [0.25, 0.3) is 5.56 Å². The maximum absolute atomic E-state index is 13.9. The monoisotopic (exact) mass is 376 g/mol. The first-order chi connectivity index (χ1) is 12.7. The molecule has 0 aliphatic heterocycles. The summed E-state index contributed by atoms with van der Waals surface area (Å²) in [4.78, 5) is 28.9. The van der Waals surface area contributed by atoms with Crippen LogP contribution in [-0.4, -0.2) is 32.2 Å². The number of rotatable bonds is 5. The van der Waals surface area contributed by atoms with Crippen LogP contribution in [0.25, 0.3) is 5.65 Å². The van der Waals surface area contributed by atoms with Gasteiger partial charge in [0.2, 0.25) is 5.91 Å². The maximum atomic E-state index is 13.9. The molecule has 0 aliphatic carbocycles. The first kappa shape index (κ1) is 18.7. The highest BCUT2D eigenvalue weighted by molar-refractivity contribution is 5.78. The molecule has 9 heteroatoms. The van der Waals surface area contributed by atoms with Gasteiger partial charge in [-0.3, -0.25) is 14.7 Å². The van der Waals surface area contributed by atoms with Crippen molar-refractivity contribution >= 4 is 11.6 Å². The van der Waals surface area contributed by atoms with Gasteiger partial charge < -0.3 is 10.4 Å². The molecule has 0 unspecified atom stereocenters. The van der Waals surface area contributed by atoms with Gasteiger partial charge in [0.15, 0.2) is 5.65 Å². The summed E-state index contributed by atoms with van der Waals surface area (Å²) in [5, 5.41) is 15.6. The molecular weight excluding hydrogens is 358 g/mol. The van der Waals surface area contributed by atoms with Gasteiger partial charge in [0, 0.05) is 35.2 Å². The molecule has 1 atom stereocenters. The molecule has 0 saturated heterocycles. The molecule has 3 aromatic rings. The van der Waals surface area contributed by atoms with Crippen LogP contribution in [0.1, 0.15) is 23.7 Å². The number of carbonyl (C=O) groups is 1. The van der Waals surface area contributed by atoms with E-state index < -0.39 is 28.7 Å². The van der Waals surface area contributed by atoms with Gasteiger partial charge in [0.1, 0.15) is 17.2 Å². The number of hydrogen-bond acceptors (Lipinski definition) is 4. The molecule has 3 N–H and O–H groups in total. The van der Waals surface area contributed by atoms with Crippen molar-refractivity contribution in [2.24, 2.45) is 0 Å². The number of aliphatic hydroxyl groups is 1. The van der Waals surface area contributed by atoms with Crippen LogP contribution in [0.3, 0.4) is 0 Å². The second-order valence-electron chi connectivity index (χ2n) is 6.49. The molecule has 1 aromatic carbocycles. The Bertz CT molecular complexity index is 1070.